The van der Waals surface area contributed by atoms with E-state index in [0.29, 0.717) is 33.2 Å². The van der Waals surface area contributed by atoms with Crippen molar-refractivity contribution in [3.63, 3.8) is 0 Å². The normalized spacial score (nSPS) is 25.2. The molecule has 5 rings (SSSR count). The molecule has 2 aliphatic heterocycles. The molecule has 0 amide bonds. The Labute approximate surface area is 160 Å². The standard InChI is InChI=1S/C21H18N2O5/c22-10-11-5-6-14(13-4-2-1-3-12(11)13)23-19(26)16-17(20(23)27)21(7-8-24)9-15(25)18(16)28-21/h1-6,15,18,24-27H,7-9H2/t15-,18?,21?/m0/s1. The molecule has 0 radical (unpaired) electrons. The number of benzene rings is 2. The molecule has 0 saturated carbocycles. The van der Waals surface area contributed by atoms with Crippen molar-refractivity contribution in [2.24, 2.45) is 0 Å². The molecule has 2 unspecified atom stereocenters. The van der Waals surface area contributed by atoms with Gasteiger partial charge in [-0.05, 0) is 12.1 Å². The average molecular weight is 378 g/mol. The van der Waals surface area contributed by atoms with Gasteiger partial charge in [0.15, 0.2) is 0 Å². The molecule has 4 N–H and O–H groups in total. The van der Waals surface area contributed by atoms with Gasteiger partial charge in [-0.1, -0.05) is 24.3 Å². The minimum absolute atomic E-state index is 0.176. The number of aromatic hydroxyl groups is 2. The lowest BCUT2D eigenvalue weighted by Gasteiger charge is -2.25. The Balaban J connectivity index is 1.80. The van der Waals surface area contributed by atoms with Crippen LogP contribution in [-0.4, -0.2) is 37.7 Å². The van der Waals surface area contributed by atoms with Gasteiger partial charge in [-0.2, -0.15) is 5.26 Å². The molecule has 0 aliphatic carbocycles. The van der Waals surface area contributed by atoms with Crippen LogP contribution in [0.3, 0.4) is 0 Å². The van der Waals surface area contributed by atoms with Gasteiger partial charge in [-0.3, -0.25) is 4.57 Å². The Morgan fingerprint density at radius 3 is 2.61 bits per heavy atom. The number of rotatable bonds is 3. The Hall–Kier alpha value is -3.05. The van der Waals surface area contributed by atoms with Gasteiger partial charge in [0.1, 0.15) is 11.7 Å². The summed E-state index contributed by atoms with van der Waals surface area (Å²) in [6.07, 6.45) is -1.12. The number of nitriles is 1. The fourth-order valence-electron chi connectivity index (χ4n) is 4.78. The number of aromatic nitrogens is 1. The van der Waals surface area contributed by atoms with Crippen molar-refractivity contribution in [2.75, 3.05) is 6.61 Å². The fraction of sp³-hybridized carbons (Fsp3) is 0.286. The molecular formula is C21H18N2O5. The molecule has 1 saturated heterocycles. The second-order valence-corrected chi connectivity index (χ2v) is 7.34. The molecule has 1 fully saturated rings. The van der Waals surface area contributed by atoms with E-state index in [-0.39, 0.29) is 31.2 Å². The van der Waals surface area contributed by atoms with E-state index < -0.39 is 17.8 Å². The highest BCUT2D eigenvalue weighted by Crippen LogP contribution is 2.63. The molecule has 2 aliphatic rings. The molecule has 28 heavy (non-hydrogen) atoms. The first kappa shape index (κ1) is 17.1. The summed E-state index contributed by atoms with van der Waals surface area (Å²) in [4.78, 5) is 0. The van der Waals surface area contributed by atoms with E-state index in [2.05, 4.69) is 6.07 Å². The summed E-state index contributed by atoms with van der Waals surface area (Å²) in [6.45, 7) is -0.177. The monoisotopic (exact) mass is 378 g/mol. The fourth-order valence-corrected chi connectivity index (χ4v) is 4.78. The number of hydrogen-bond acceptors (Lipinski definition) is 6. The third-order valence-corrected chi connectivity index (χ3v) is 5.92. The predicted molar refractivity (Wildman–Crippen MR) is 99.2 cm³/mol. The lowest BCUT2D eigenvalue weighted by molar-refractivity contribution is -0.0470. The van der Waals surface area contributed by atoms with Gasteiger partial charge in [-0.15, -0.1) is 0 Å². The summed E-state index contributed by atoms with van der Waals surface area (Å²) < 4.78 is 7.24. The quantitative estimate of drug-likeness (QED) is 0.555. The number of aliphatic hydroxyl groups excluding tert-OH is 2. The molecule has 7 nitrogen and oxygen atoms in total. The van der Waals surface area contributed by atoms with E-state index in [1.807, 2.05) is 24.3 Å². The van der Waals surface area contributed by atoms with Crippen molar-refractivity contribution in [3.8, 4) is 23.5 Å². The van der Waals surface area contributed by atoms with E-state index in [9.17, 15) is 25.7 Å². The second-order valence-electron chi connectivity index (χ2n) is 7.34. The first-order valence-corrected chi connectivity index (χ1v) is 9.08. The van der Waals surface area contributed by atoms with Gasteiger partial charge in [0.2, 0.25) is 11.8 Å². The second kappa shape index (κ2) is 5.72. The van der Waals surface area contributed by atoms with Crippen LogP contribution < -0.4 is 0 Å². The Bertz CT molecular complexity index is 1160. The molecule has 7 heteroatoms. The van der Waals surface area contributed by atoms with Crippen LogP contribution in [0.5, 0.6) is 11.8 Å². The lowest BCUT2D eigenvalue weighted by Crippen LogP contribution is -2.27. The van der Waals surface area contributed by atoms with Crippen LogP contribution in [0.2, 0.25) is 0 Å². The highest BCUT2D eigenvalue weighted by atomic mass is 16.5. The van der Waals surface area contributed by atoms with E-state index in [4.69, 9.17) is 4.74 Å². The smallest absolute Gasteiger partial charge is 0.205 e. The van der Waals surface area contributed by atoms with Crippen molar-refractivity contribution >= 4 is 10.8 Å². The van der Waals surface area contributed by atoms with Gasteiger partial charge < -0.3 is 25.2 Å². The third kappa shape index (κ3) is 1.97. The topological polar surface area (TPSA) is 119 Å². The van der Waals surface area contributed by atoms with Crippen LogP contribution in [0.4, 0.5) is 0 Å². The number of hydrogen-bond donors (Lipinski definition) is 4. The van der Waals surface area contributed by atoms with Crippen molar-refractivity contribution in [3.05, 3.63) is 53.1 Å². The maximum atomic E-state index is 11.1. The molecule has 3 atom stereocenters. The van der Waals surface area contributed by atoms with Crippen molar-refractivity contribution < 1.29 is 25.2 Å². The van der Waals surface area contributed by atoms with E-state index in [0.717, 1.165) is 0 Å². The van der Waals surface area contributed by atoms with Crippen LogP contribution in [-0.2, 0) is 10.3 Å². The maximum absolute atomic E-state index is 11.1. The Morgan fingerprint density at radius 2 is 1.89 bits per heavy atom. The summed E-state index contributed by atoms with van der Waals surface area (Å²) in [5.74, 6) is -0.379. The van der Waals surface area contributed by atoms with Crippen LogP contribution in [0.15, 0.2) is 36.4 Å². The summed E-state index contributed by atoms with van der Waals surface area (Å²) in [7, 11) is 0. The zero-order chi connectivity index (χ0) is 19.6. The largest absolute Gasteiger partial charge is 0.494 e. The van der Waals surface area contributed by atoms with Gasteiger partial charge in [0, 0.05) is 30.2 Å². The van der Waals surface area contributed by atoms with Crippen LogP contribution in [0, 0.1) is 11.3 Å². The molecule has 3 heterocycles. The van der Waals surface area contributed by atoms with Crippen LogP contribution >= 0.6 is 0 Å². The lowest BCUT2D eigenvalue weighted by atomic mass is 9.81. The minimum atomic E-state index is -1.02. The van der Waals surface area contributed by atoms with Gasteiger partial charge in [-0.25, -0.2) is 0 Å². The summed E-state index contributed by atoms with van der Waals surface area (Å²) >= 11 is 0. The summed E-state index contributed by atoms with van der Waals surface area (Å²) in [5.41, 5.74) is 0.769. The first-order chi connectivity index (χ1) is 13.5. The Morgan fingerprint density at radius 1 is 1.14 bits per heavy atom. The maximum Gasteiger partial charge on any atom is 0.205 e. The molecule has 2 aromatic carbocycles. The van der Waals surface area contributed by atoms with Crippen LogP contribution in [0.25, 0.3) is 16.5 Å². The molecule has 142 valence electrons. The number of ether oxygens (including phenoxy) is 1. The average Bonchev–Trinajstić information content (AvgIpc) is 3.28. The Kier molecular flexibility index (Phi) is 3.49. The minimum Gasteiger partial charge on any atom is -0.494 e. The summed E-state index contributed by atoms with van der Waals surface area (Å²) in [5, 5.41) is 52.7. The molecular weight excluding hydrogens is 360 g/mol. The number of fused-ring (bicyclic) bond motifs is 6. The highest BCUT2D eigenvalue weighted by molar-refractivity contribution is 5.95. The predicted octanol–water partition coefficient (Wildman–Crippen LogP) is 2.33. The van der Waals surface area contributed by atoms with Gasteiger partial charge in [0.05, 0.1) is 34.6 Å². The van der Waals surface area contributed by atoms with E-state index in [1.54, 1.807) is 12.1 Å². The van der Waals surface area contributed by atoms with Crippen molar-refractivity contribution in [2.45, 2.75) is 30.7 Å². The zero-order valence-corrected chi connectivity index (χ0v) is 14.8. The SMILES string of the molecule is N#Cc1ccc(-n2c(O)c3c(c2O)C2(CCO)C[C@H](O)C3O2)c2ccccc12. The van der Waals surface area contributed by atoms with Crippen molar-refractivity contribution in [1.82, 2.24) is 4.57 Å². The molecule has 3 aromatic rings. The summed E-state index contributed by atoms with van der Waals surface area (Å²) in [6, 6.07) is 12.7. The molecule has 2 bridgehead atoms. The van der Waals surface area contributed by atoms with Crippen molar-refractivity contribution in [1.29, 1.82) is 5.26 Å². The highest BCUT2D eigenvalue weighted by Gasteiger charge is 2.59. The van der Waals surface area contributed by atoms with E-state index >= 15 is 0 Å². The van der Waals surface area contributed by atoms with Gasteiger partial charge >= 0.3 is 0 Å². The third-order valence-electron chi connectivity index (χ3n) is 5.92. The number of aliphatic hydroxyl groups is 2. The number of nitrogens with zero attached hydrogens (tertiary/aromatic N) is 2. The first-order valence-electron chi connectivity index (χ1n) is 9.08. The van der Waals surface area contributed by atoms with E-state index in [1.165, 1.54) is 4.57 Å². The molecule has 1 aromatic heterocycles. The zero-order valence-electron chi connectivity index (χ0n) is 14.8. The molecule has 0 spiro atoms. The van der Waals surface area contributed by atoms with Gasteiger partial charge in [0.25, 0.3) is 0 Å². The van der Waals surface area contributed by atoms with Crippen LogP contribution in [0.1, 0.15) is 35.6 Å².